The molecule has 0 unspecified atom stereocenters. The minimum absolute atomic E-state index is 0.0838. The summed E-state index contributed by atoms with van der Waals surface area (Å²) < 4.78 is 33.1. The highest BCUT2D eigenvalue weighted by Crippen LogP contribution is 2.25. The average Bonchev–Trinajstić information content (AvgIpc) is 3.27. The van der Waals surface area contributed by atoms with Crippen molar-refractivity contribution in [2.75, 3.05) is 6.54 Å². The molecule has 2 N–H and O–H groups in total. The SMILES string of the molecule is O=S(=O)(NC[C@H](O)c1ccc(-c2ccco2)cc1)c1ccc2c(c1)CCCC2. The van der Waals surface area contributed by atoms with Gasteiger partial charge in [0.1, 0.15) is 5.76 Å². The Morgan fingerprint density at radius 2 is 1.75 bits per heavy atom. The lowest BCUT2D eigenvalue weighted by Crippen LogP contribution is -2.28. The van der Waals surface area contributed by atoms with Crippen molar-refractivity contribution in [3.63, 3.8) is 0 Å². The van der Waals surface area contributed by atoms with E-state index in [9.17, 15) is 13.5 Å². The third kappa shape index (κ3) is 4.04. The molecule has 146 valence electrons. The molecule has 28 heavy (non-hydrogen) atoms. The van der Waals surface area contributed by atoms with Gasteiger partial charge in [0.15, 0.2) is 0 Å². The molecule has 6 heteroatoms. The number of aliphatic hydroxyl groups is 1. The number of fused-ring (bicyclic) bond motifs is 1. The summed E-state index contributed by atoms with van der Waals surface area (Å²) in [6, 6.07) is 16.2. The minimum atomic E-state index is -3.67. The lowest BCUT2D eigenvalue weighted by molar-refractivity contribution is 0.182. The van der Waals surface area contributed by atoms with Crippen molar-refractivity contribution in [3.05, 3.63) is 77.6 Å². The third-order valence-electron chi connectivity index (χ3n) is 5.20. The molecule has 1 atom stereocenters. The Bertz CT molecular complexity index is 1040. The van der Waals surface area contributed by atoms with Crippen molar-refractivity contribution in [1.29, 1.82) is 0 Å². The van der Waals surface area contributed by atoms with E-state index in [4.69, 9.17) is 4.42 Å². The van der Waals surface area contributed by atoms with E-state index in [0.29, 0.717) is 5.56 Å². The van der Waals surface area contributed by atoms with Gasteiger partial charge in [-0.1, -0.05) is 30.3 Å². The zero-order valence-corrected chi connectivity index (χ0v) is 16.3. The average molecular weight is 397 g/mol. The van der Waals surface area contributed by atoms with Gasteiger partial charge in [-0.05, 0) is 66.6 Å². The van der Waals surface area contributed by atoms with Gasteiger partial charge in [-0.2, -0.15) is 0 Å². The van der Waals surface area contributed by atoms with Crippen LogP contribution in [0.4, 0.5) is 0 Å². The van der Waals surface area contributed by atoms with E-state index in [2.05, 4.69) is 4.72 Å². The number of aliphatic hydroxyl groups excluding tert-OH is 1. The van der Waals surface area contributed by atoms with Gasteiger partial charge in [0.25, 0.3) is 0 Å². The maximum absolute atomic E-state index is 12.6. The lowest BCUT2D eigenvalue weighted by Gasteiger charge is -2.17. The summed E-state index contributed by atoms with van der Waals surface area (Å²) in [5.41, 5.74) is 3.89. The van der Waals surface area contributed by atoms with Gasteiger partial charge in [-0.15, -0.1) is 0 Å². The van der Waals surface area contributed by atoms with Crippen LogP contribution in [0.15, 0.2) is 70.2 Å². The first-order valence-electron chi connectivity index (χ1n) is 9.46. The van der Waals surface area contributed by atoms with Crippen molar-refractivity contribution >= 4 is 10.0 Å². The highest BCUT2D eigenvalue weighted by molar-refractivity contribution is 7.89. The maximum atomic E-state index is 12.6. The van der Waals surface area contributed by atoms with Crippen LogP contribution in [0, 0.1) is 0 Å². The van der Waals surface area contributed by atoms with Crippen LogP contribution in [0.2, 0.25) is 0 Å². The number of sulfonamides is 1. The standard InChI is InChI=1S/C22H23NO4S/c24-21(17-7-9-18(10-8-17)22-6-3-13-27-22)15-23-28(25,26)20-12-11-16-4-1-2-5-19(16)14-20/h3,6-14,21,23-24H,1-2,4-5,15H2/t21-/m0/s1. The van der Waals surface area contributed by atoms with Gasteiger partial charge < -0.3 is 9.52 Å². The molecule has 5 nitrogen and oxygen atoms in total. The van der Waals surface area contributed by atoms with Gasteiger partial charge in [0.2, 0.25) is 10.0 Å². The van der Waals surface area contributed by atoms with E-state index in [0.717, 1.165) is 42.6 Å². The molecule has 0 saturated heterocycles. The summed E-state index contributed by atoms with van der Waals surface area (Å²) in [6.07, 6.45) is 4.85. The first-order valence-corrected chi connectivity index (χ1v) is 10.9. The molecule has 0 saturated carbocycles. The van der Waals surface area contributed by atoms with Crippen LogP contribution < -0.4 is 4.72 Å². The molecule has 0 bridgehead atoms. The van der Waals surface area contributed by atoms with Gasteiger partial charge >= 0.3 is 0 Å². The highest BCUT2D eigenvalue weighted by atomic mass is 32.2. The van der Waals surface area contributed by atoms with E-state index >= 15 is 0 Å². The Morgan fingerprint density at radius 1 is 1.00 bits per heavy atom. The number of rotatable bonds is 6. The quantitative estimate of drug-likeness (QED) is 0.662. The maximum Gasteiger partial charge on any atom is 0.240 e. The first-order chi connectivity index (χ1) is 13.5. The van der Waals surface area contributed by atoms with E-state index in [1.54, 1.807) is 30.5 Å². The van der Waals surface area contributed by atoms with Crippen LogP contribution in [0.25, 0.3) is 11.3 Å². The summed E-state index contributed by atoms with van der Waals surface area (Å²) in [5, 5.41) is 10.4. The number of aryl methyl sites for hydroxylation is 2. The monoisotopic (exact) mass is 397 g/mol. The van der Waals surface area contributed by atoms with Gasteiger partial charge in [0, 0.05) is 12.1 Å². The van der Waals surface area contributed by atoms with E-state index in [1.807, 2.05) is 30.3 Å². The fraction of sp³-hybridized carbons (Fsp3) is 0.273. The summed E-state index contributed by atoms with van der Waals surface area (Å²) in [7, 11) is -3.67. The van der Waals surface area contributed by atoms with Crippen molar-refractivity contribution in [2.24, 2.45) is 0 Å². The predicted octanol–water partition coefficient (Wildman–Crippen LogP) is 3.84. The second-order valence-electron chi connectivity index (χ2n) is 7.10. The number of furan rings is 1. The Labute approximate surface area is 165 Å². The minimum Gasteiger partial charge on any atom is -0.464 e. The van der Waals surface area contributed by atoms with Gasteiger partial charge in [-0.25, -0.2) is 13.1 Å². The molecule has 1 aliphatic carbocycles. The second-order valence-corrected chi connectivity index (χ2v) is 8.87. The van der Waals surface area contributed by atoms with E-state index < -0.39 is 16.1 Å². The van der Waals surface area contributed by atoms with Crippen LogP contribution in [0.1, 0.15) is 35.6 Å². The fourth-order valence-electron chi connectivity index (χ4n) is 3.58. The molecule has 3 aromatic rings. The Kier molecular flexibility index (Phi) is 5.35. The molecule has 2 aromatic carbocycles. The van der Waals surface area contributed by atoms with Crippen molar-refractivity contribution in [3.8, 4) is 11.3 Å². The van der Waals surface area contributed by atoms with Crippen molar-refractivity contribution in [1.82, 2.24) is 4.72 Å². The molecule has 1 aromatic heterocycles. The van der Waals surface area contributed by atoms with Gasteiger partial charge in [-0.3, -0.25) is 0 Å². The summed E-state index contributed by atoms with van der Waals surface area (Å²) in [6.45, 7) is -0.0838. The summed E-state index contributed by atoms with van der Waals surface area (Å²) in [5.74, 6) is 0.745. The molecule has 1 aliphatic rings. The molecule has 0 spiro atoms. The topological polar surface area (TPSA) is 79.5 Å². The number of nitrogens with one attached hydrogen (secondary N) is 1. The lowest BCUT2D eigenvalue weighted by atomic mass is 9.92. The van der Waals surface area contributed by atoms with Crippen LogP contribution in [0.5, 0.6) is 0 Å². The first kappa shape index (κ1) is 18.9. The summed E-state index contributed by atoms with van der Waals surface area (Å²) >= 11 is 0. The van der Waals surface area contributed by atoms with E-state index in [-0.39, 0.29) is 11.4 Å². The van der Waals surface area contributed by atoms with Crippen LogP contribution in [-0.2, 0) is 22.9 Å². The van der Waals surface area contributed by atoms with Gasteiger partial charge in [0.05, 0.1) is 17.3 Å². The number of benzene rings is 2. The number of hydrogen-bond donors (Lipinski definition) is 2. The van der Waals surface area contributed by atoms with E-state index in [1.165, 1.54) is 5.56 Å². The van der Waals surface area contributed by atoms with Crippen molar-refractivity contribution < 1.29 is 17.9 Å². The van der Waals surface area contributed by atoms with Crippen LogP contribution in [-0.4, -0.2) is 20.1 Å². The predicted molar refractivity (Wildman–Crippen MR) is 107 cm³/mol. The molecule has 1 heterocycles. The zero-order valence-electron chi connectivity index (χ0n) is 15.5. The fourth-order valence-corrected chi connectivity index (χ4v) is 4.67. The molecule has 4 rings (SSSR count). The smallest absolute Gasteiger partial charge is 0.240 e. The second kappa shape index (κ2) is 7.91. The Morgan fingerprint density at radius 3 is 2.46 bits per heavy atom. The molecule has 0 amide bonds. The third-order valence-corrected chi connectivity index (χ3v) is 6.62. The zero-order chi connectivity index (χ0) is 19.6. The molecule has 0 aliphatic heterocycles. The van der Waals surface area contributed by atoms with Crippen LogP contribution >= 0.6 is 0 Å². The normalized spacial score (nSPS) is 15.2. The molecule has 0 fully saturated rings. The summed E-state index contributed by atoms with van der Waals surface area (Å²) in [4.78, 5) is 0.258. The number of hydrogen-bond acceptors (Lipinski definition) is 4. The largest absolute Gasteiger partial charge is 0.464 e. The van der Waals surface area contributed by atoms with Crippen molar-refractivity contribution in [2.45, 2.75) is 36.7 Å². The molecular formula is C22H23NO4S. The highest BCUT2D eigenvalue weighted by Gasteiger charge is 2.19. The molecule has 0 radical (unpaired) electrons. The van der Waals surface area contributed by atoms with Crippen LogP contribution in [0.3, 0.4) is 0 Å². The Hall–Kier alpha value is -2.41. The molecular weight excluding hydrogens is 374 g/mol. The Balaban J connectivity index is 1.43.